The van der Waals surface area contributed by atoms with Crippen LogP contribution in [0, 0.1) is 29.3 Å². The largest absolute Gasteiger partial charge is 0.339 e. The Kier molecular flexibility index (Phi) is 3.89. The normalized spacial score (nSPS) is 25.6. The summed E-state index contributed by atoms with van der Waals surface area (Å²) in [6.07, 6.45) is 1.71. The minimum atomic E-state index is -1.59. The van der Waals surface area contributed by atoms with Crippen LogP contribution in [0.2, 0.25) is 0 Å². The highest BCUT2D eigenvalue weighted by molar-refractivity contribution is 5.94. The molecule has 0 saturated carbocycles. The van der Waals surface area contributed by atoms with Gasteiger partial charge >= 0.3 is 0 Å². The minimum Gasteiger partial charge on any atom is -0.339 e. The Morgan fingerprint density at radius 2 is 1.67 bits per heavy atom. The Morgan fingerprint density at radius 1 is 1.05 bits per heavy atom. The quantitative estimate of drug-likeness (QED) is 0.806. The second kappa shape index (κ2) is 5.67. The highest BCUT2D eigenvalue weighted by Gasteiger charge is 2.32. The number of fused-ring (bicyclic) bond motifs is 1. The fraction of sp³-hybridized carbons (Fsp3) is 0.533. The lowest BCUT2D eigenvalue weighted by Crippen LogP contribution is -2.33. The van der Waals surface area contributed by atoms with Crippen LogP contribution in [0.1, 0.15) is 23.2 Å². The maximum Gasteiger partial charge on any atom is 0.256 e. The summed E-state index contributed by atoms with van der Waals surface area (Å²) in [5.74, 6) is -3.74. The molecule has 21 heavy (non-hydrogen) atoms. The number of likely N-dealkylation sites (tertiary alicyclic amines) is 1. The molecule has 2 atom stereocenters. The molecule has 6 heteroatoms. The van der Waals surface area contributed by atoms with Crippen molar-refractivity contribution in [3.63, 3.8) is 0 Å². The Morgan fingerprint density at radius 3 is 2.29 bits per heavy atom. The van der Waals surface area contributed by atoms with Gasteiger partial charge in [-0.05, 0) is 49.9 Å². The first-order valence-corrected chi connectivity index (χ1v) is 7.21. The lowest BCUT2D eigenvalue weighted by Gasteiger charge is -2.21. The van der Waals surface area contributed by atoms with Gasteiger partial charge in [0, 0.05) is 13.1 Å². The van der Waals surface area contributed by atoms with Crippen molar-refractivity contribution in [2.75, 3.05) is 26.2 Å². The average Bonchev–Trinajstić information content (AvgIpc) is 2.83. The van der Waals surface area contributed by atoms with Gasteiger partial charge in [0.25, 0.3) is 5.91 Å². The molecular weight excluding hydrogens is 281 g/mol. The molecule has 2 fully saturated rings. The van der Waals surface area contributed by atoms with Crippen molar-refractivity contribution in [1.82, 2.24) is 10.2 Å². The van der Waals surface area contributed by atoms with Crippen molar-refractivity contribution >= 4 is 5.91 Å². The highest BCUT2D eigenvalue weighted by Crippen LogP contribution is 2.28. The number of carbonyl (C=O) groups is 1. The zero-order valence-electron chi connectivity index (χ0n) is 11.5. The number of hydrogen-bond donors (Lipinski definition) is 1. The standard InChI is InChI=1S/C15H17F3N2O/c16-12-2-1-11(13(17)14(12)18)15(21)20-5-3-9-7-19-8-10(9)4-6-20/h1-2,9-10,19H,3-8H2/t9-,10+. The number of amides is 1. The molecule has 1 amide bonds. The van der Waals surface area contributed by atoms with E-state index in [9.17, 15) is 18.0 Å². The van der Waals surface area contributed by atoms with Gasteiger partial charge in [-0.1, -0.05) is 0 Å². The third-order valence-electron chi connectivity index (χ3n) is 4.57. The average molecular weight is 298 g/mol. The zero-order chi connectivity index (χ0) is 15.0. The molecule has 0 spiro atoms. The van der Waals surface area contributed by atoms with E-state index in [1.807, 2.05) is 0 Å². The van der Waals surface area contributed by atoms with E-state index in [1.54, 1.807) is 4.90 Å². The lowest BCUT2D eigenvalue weighted by molar-refractivity contribution is 0.0752. The molecule has 0 unspecified atom stereocenters. The molecule has 0 bridgehead atoms. The summed E-state index contributed by atoms with van der Waals surface area (Å²) in [6.45, 7) is 2.96. The van der Waals surface area contributed by atoms with E-state index in [-0.39, 0.29) is 5.56 Å². The third-order valence-corrected chi connectivity index (χ3v) is 4.57. The van der Waals surface area contributed by atoms with Crippen LogP contribution in [-0.2, 0) is 0 Å². The molecule has 3 rings (SSSR count). The van der Waals surface area contributed by atoms with Crippen molar-refractivity contribution < 1.29 is 18.0 Å². The molecule has 114 valence electrons. The zero-order valence-corrected chi connectivity index (χ0v) is 11.5. The van der Waals surface area contributed by atoms with Crippen LogP contribution in [0.3, 0.4) is 0 Å². The van der Waals surface area contributed by atoms with Gasteiger partial charge < -0.3 is 10.2 Å². The van der Waals surface area contributed by atoms with Crippen molar-refractivity contribution in [2.24, 2.45) is 11.8 Å². The molecule has 0 aliphatic carbocycles. The molecule has 2 heterocycles. The Bertz CT molecular complexity index is 550. The second-order valence-electron chi connectivity index (χ2n) is 5.77. The summed E-state index contributed by atoms with van der Waals surface area (Å²) < 4.78 is 39.9. The molecule has 2 aliphatic rings. The van der Waals surface area contributed by atoms with E-state index in [1.165, 1.54) is 0 Å². The van der Waals surface area contributed by atoms with Gasteiger partial charge in [0.15, 0.2) is 17.5 Å². The predicted molar refractivity (Wildman–Crippen MR) is 71.3 cm³/mol. The SMILES string of the molecule is O=C(c1ccc(F)c(F)c1F)N1CC[C@@H]2CNC[C@@H]2CC1. The van der Waals surface area contributed by atoms with E-state index in [4.69, 9.17) is 0 Å². The number of nitrogens with one attached hydrogen (secondary N) is 1. The van der Waals surface area contributed by atoms with Crippen LogP contribution in [0.4, 0.5) is 13.2 Å². The second-order valence-corrected chi connectivity index (χ2v) is 5.77. The fourth-order valence-corrected chi connectivity index (χ4v) is 3.28. The molecule has 1 N–H and O–H groups in total. The fourth-order valence-electron chi connectivity index (χ4n) is 3.28. The lowest BCUT2D eigenvalue weighted by atomic mass is 9.92. The molecule has 1 aromatic rings. The Balaban J connectivity index is 1.78. The monoisotopic (exact) mass is 298 g/mol. The topological polar surface area (TPSA) is 32.3 Å². The number of carbonyl (C=O) groups excluding carboxylic acids is 1. The molecule has 2 saturated heterocycles. The van der Waals surface area contributed by atoms with Crippen LogP contribution in [0.15, 0.2) is 12.1 Å². The maximum atomic E-state index is 13.7. The summed E-state index contributed by atoms with van der Waals surface area (Å²) in [5, 5.41) is 3.34. The van der Waals surface area contributed by atoms with Gasteiger partial charge in [-0.3, -0.25) is 4.79 Å². The van der Waals surface area contributed by atoms with Crippen LogP contribution < -0.4 is 5.32 Å². The number of rotatable bonds is 1. The first-order valence-electron chi connectivity index (χ1n) is 7.21. The Hall–Kier alpha value is -1.56. The van der Waals surface area contributed by atoms with Gasteiger partial charge in [0.05, 0.1) is 5.56 Å². The number of nitrogens with zero attached hydrogens (tertiary/aromatic N) is 1. The highest BCUT2D eigenvalue weighted by atomic mass is 19.2. The minimum absolute atomic E-state index is 0.390. The van der Waals surface area contributed by atoms with E-state index in [0.717, 1.165) is 38.1 Å². The van der Waals surface area contributed by atoms with Crippen molar-refractivity contribution in [1.29, 1.82) is 0 Å². The van der Waals surface area contributed by atoms with Gasteiger partial charge in [0.1, 0.15) is 0 Å². The smallest absolute Gasteiger partial charge is 0.256 e. The maximum absolute atomic E-state index is 13.7. The summed E-state index contributed by atoms with van der Waals surface area (Å²) in [7, 11) is 0. The van der Waals surface area contributed by atoms with E-state index >= 15 is 0 Å². The third kappa shape index (κ3) is 2.64. The first kappa shape index (κ1) is 14.4. The molecule has 2 aliphatic heterocycles. The van der Waals surface area contributed by atoms with Crippen molar-refractivity contribution in [3.8, 4) is 0 Å². The number of hydrogen-bond acceptors (Lipinski definition) is 2. The van der Waals surface area contributed by atoms with Crippen LogP contribution in [0.25, 0.3) is 0 Å². The summed E-state index contributed by atoms with van der Waals surface area (Å²) in [6, 6.07) is 1.81. The van der Waals surface area contributed by atoms with Crippen LogP contribution >= 0.6 is 0 Å². The summed E-state index contributed by atoms with van der Waals surface area (Å²) in [4.78, 5) is 13.9. The number of halogens is 3. The first-order chi connectivity index (χ1) is 10.1. The van der Waals surface area contributed by atoms with Gasteiger partial charge in [-0.25, -0.2) is 13.2 Å². The summed E-state index contributed by atoms with van der Waals surface area (Å²) >= 11 is 0. The molecular formula is C15H17F3N2O. The molecule has 0 aromatic heterocycles. The predicted octanol–water partition coefficient (Wildman–Crippen LogP) is 2.18. The molecule has 3 nitrogen and oxygen atoms in total. The van der Waals surface area contributed by atoms with Gasteiger partial charge in [-0.2, -0.15) is 0 Å². The van der Waals surface area contributed by atoms with Crippen LogP contribution in [-0.4, -0.2) is 37.0 Å². The van der Waals surface area contributed by atoms with E-state index in [2.05, 4.69) is 5.32 Å². The Labute approximate surface area is 121 Å². The molecule has 0 radical (unpaired) electrons. The summed E-state index contributed by atoms with van der Waals surface area (Å²) in [5.41, 5.74) is -0.390. The molecule has 1 aromatic carbocycles. The van der Waals surface area contributed by atoms with Crippen molar-refractivity contribution in [3.05, 3.63) is 35.1 Å². The van der Waals surface area contributed by atoms with Crippen LogP contribution in [0.5, 0.6) is 0 Å². The van der Waals surface area contributed by atoms with E-state index < -0.39 is 23.4 Å². The van der Waals surface area contributed by atoms with Gasteiger partial charge in [0.2, 0.25) is 0 Å². The number of benzene rings is 1. The van der Waals surface area contributed by atoms with Gasteiger partial charge in [-0.15, -0.1) is 0 Å². The van der Waals surface area contributed by atoms with Crippen molar-refractivity contribution in [2.45, 2.75) is 12.8 Å². The van der Waals surface area contributed by atoms with E-state index in [0.29, 0.717) is 24.9 Å².